The van der Waals surface area contributed by atoms with Crippen LogP contribution in [0.1, 0.15) is 15.3 Å². The number of urea groups is 1. The number of methoxy groups -OCH3 is 5. The molecule has 3 rings (SSSR count). The van der Waals surface area contributed by atoms with Crippen molar-refractivity contribution >= 4 is 29.0 Å². The lowest BCUT2D eigenvalue weighted by Crippen LogP contribution is -2.46. The molecule has 0 aliphatic heterocycles. The Kier molecular flexibility index (Phi) is 12.1. The molecular weight excluding hydrogens is 546 g/mol. The minimum Gasteiger partial charge on any atom is -0.497 e. The van der Waals surface area contributed by atoms with E-state index in [9.17, 15) is 9.59 Å². The van der Waals surface area contributed by atoms with Gasteiger partial charge in [0.2, 0.25) is 5.91 Å². The minimum absolute atomic E-state index is 0.118. The van der Waals surface area contributed by atoms with Gasteiger partial charge in [0, 0.05) is 53.8 Å². The van der Waals surface area contributed by atoms with Gasteiger partial charge in [-0.05, 0) is 43.2 Å². The van der Waals surface area contributed by atoms with Crippen molar-refractivity contribution in [1.82, 2.24) is 9.80 Å². The van der Waals surface area contributed by atoms with Crippen molar-refractivity contribution in [3.8, 4) is 23.0 Å². The first kappa shape index (κ1) is 31.6. The molecule has 1 heterocycles. The summed E-state index contributed by atoms with van der Waals surface area (Å²) in [6, 6.07) is 14.4. The zero-order valence-electron chi connectivity index (χ0n) is 24.5. The molecule has 41 heavy (non-hydrogen) atoms. The van der Waals surface area contributed by atoms with Gasteiger partial charge in [-0.1, -0.05) is 6.07 Å². The summed E-state index contributed by atoms with van der Waals surface area (Å²) in [6.07, 6.45) is 0.602. The molecule has 10 nitrogen and oxygen atoms in total. The van der Waals surface area contributed by atoms with Gasteiger partial charge in [0.05, 0.1) is 41.6 Å². The minimum atomic E-state index is -0.433. The van der Waals surface area contributed by atoms with Gasteiger partial charge >= 0.3 is 6.03 Å². The second-order valence-corrected chi connectivity index (χ2v) is 10.6. The summed E-state index contributed by atoms with van der Waals surface area (Å²) < 4.78 is 26.6. The van der Waals surface area contributed by atoms with Gasteiger partial charge in [-0.2, -0.15) is 0 Å². The molecule has 3 amide bonds. The van der Waals surface area contributed by atoms with E-state index in [1.54, 1.807) is 55.8 Å². The fraction of sp³-hybridized carbons (Fsp3) is 0.400. The fourth-order valence-corrected chi connectivity index (χ4v) is 5.06. The normalized spacial score (nSPS) is 10.6. The van der Waals surface area contributed by atoms with Gasteiger partial charge in [-0.3, -0.25) is 4.79 Å². The highest BCUT2D eigenvalue weighted by atomic mass is 32.1. The average Bonchev–Trinajstić information content (AvgIpc) is 3.40. The molecule has 0 fully saturated rings. The smallest absolute Gasteiger partial charge is 0.322 e. The van der Waals surface area contributed by atoms with Crippen molar-refractivity contribution in [2.45, 2.75) is 19.9 Å². The van der Waals surface area contributed by atoms with Gasteiger partial charge in [0.1, 0.15) is 18.0 Å². The van der Waals surface area contributed by atoms with Gasteiger partial charge in [-0.15, -0.1) is 11.3 Å². The number of hydrogen-bond acceptors (Lipinski definition) is 8. The highest BCUT2D eigenvalue weighted by molar-refractivity contribution is 7.11. The Hall–Kier alpha value is -3.96. The summed E-state index contributed by atoms with van der Waals surface area (Å²) in [5, 5.41) is 2.86. The Balaban J connectivity index is 1.78. The summed E-state index contributed by atoms with van der Waals surface area (Å²) in [4.78, 5) is 32.5. The lowest BCUT2D eigenvalue weighted by molar-refractivity contribution is -0.132. The Labute approximate surface area is 245 Å². The lowest BCUT2D eigenvalue weighted by atomic mass is 10.1. The van der Waals surface area contributed by atoms with E-state index >= 15 is 0 Å². The Morgan fingerprint density at radius 1 is 0.805 bits per heavy atom. The molecule has 0 spiro atoms. The van der Waals surface area contributed by atoms with E-state index in [1.165, 1.54) is 24.0 Å². The molecule has 3 aromatic rings. The summed E-state index contributed by atoms with van der Waals surface area (Å²) in [5.41, 5.74) is 1.49. The summed E-state index contributed by atoms with van der Waals surface area (Å²) >= 11 is 1.65. The topological polar surface area (TPSA) is 98.8 Å². The van der Waals surface area contributed by atoms with Crippen molar-refractivity contribution in [2.75, 3.05) is 67.1 Å². The van der Waals surface area contributed by atoms with Gasteiger partial charge in [-0.25, -0.2) is 4.79 Å². The SMILES string of the molecule is COCCN(CC(=O)N(CCc1ccc(OC)c(OC)c1)Cc1ccc(C)s1)C(=O)Nc1cc(OC)cc(OC)c1. The van der Waals surface area contributed by atoms with Crippen LogP contribution >= 0.6 is 11.3 Å². The molecule has 0 aliphatic carbocycles. The Morgan fingerprint density at radius 2 is 1.51 bits per heavy atom. The van der Waals surface area contributed by atoms with Crippen molar-refractivity contribution in [3.05, 3.63) is 63.8 Å². The van der Waals surface area contributed by atoms with E-state index in [4.69, 9.17) is 23.7 Å². The van der Waals surface area contributed by atoms with E-state index < -0.39 is 6.03 Å². The maximum absolute atomic E-state index is 13.7. The second kappa shape index (κ2) is 15.7. The van der Waals surface area contributed by atoms with Crippen LogP contribution in [-0.2, 0) is 22.5 Å². The van der Waals surface area contributed by atoms with Crippen LogP contribution in [0.3, 0.4) is 0 Å². The van der Waals surface area contributed by atoms with Crippen LogP contribution in [-0.4, -0.2) is 83.5 Å². The number of thiophene rings is 1. The first-order valence-electron chi connectivity index (χ1n) is 13.1. The number of hydrogen-bond donors (Lipinski definition) is 1. The summed E-state index contributed by atoms with van der Waals surface area (Å²) in [5.74, 6) is 2.17. The number of carbonyl (C=O) groups excluding carboxylic acids is 2. The third-order valence-corrected chi connectivity index (χ3v) is 7.38. The number of nitrogens with zero attached hydrogens (tertiary/aromatic N) is 2. The molecule has 11 heteroatoms. The first-order chi connectivity index (χ1) is 19.8. The van der Waals surface area contributed by atoms with Crippen molar-refractivity contribution in [3.63, 3.8) is 0 Å². The van der Waals surface area contributed by atoms with Crippen LogP contribution in [0.25, 0.3) is 0 Å². The molecule has 1 aromatic heterocycles. The third-order valence-electron chi connectivity index (χ3n) is 6.40. The highest BCUT2D eigenvalue weighted by Crippen LogP contribution is 2.28. The van der Waals surface area contributed by atoms with Crippen LogP contribution in [0, 0.1) is 6.92 Å². The molecule has 0 saturated heterocycles. The number of aryl methyl sites for hydroxylation is 1. The van der Waals surface area contributed by atoms with E-state index in [-0.39, 0.29) is 25.6 Å². The summed E-state index contributed by atoms with van der Waals surface area (Å²) in [6.45, 7) is 3.32. The Morgan fingerprint density at radius 3 is 2.10 bits per heavy atom. The number of anilines is 1. The van der Waals surface area contributed by atoms with Crippen molar-refractivity contribution < 1.29 is 33.3 Å². The van der Waals surface area contributed by atoms with Gasteiger partial charge in [0.15, 0.2) is 11.5 Å². The number of carbonyl (C=O) groups is 2. The molecule has 0 bridgehead atoms. The molecule has 1 N–H and O–H groups in total. The van der Waals surface area contributed by atoms with E-state index in [1.807, 2.05) is 37.3 Å². The zero-order chi connectivity index (χ0) is 29.8. The first-order valence-corrected chi connectivity index (χ1v) is 13.9. The molecule has 0 saturated carbocycles. The maximum atomic E-state index is 13.7. The largest absolute Gasteiger partial charge is 0.497 e. The quantitative estimate of drug-likeness (QED) is 0.273. The van der Waals surface area contributed by atoms with Gasteiger partial charge < -0.3 is 38.8 Å². The van der Waals surface area contributed by atoms with E-state index in [2.05, 4.69) is 5.32 Å². The standard InChI is InChI=1S/C30H39N3O7S/c1-21-7-9-26(41-21)19-32(12-11-22-8-10-27(39-5)28(15-22)40-6)29(34)20-33(13-14-36-2)30(35)31-23-16-24(37-3)18-25(17-23)38-4/h7-10,15-18H,11-14,19-20H2,1-6H3,(H,31,35). The predicted molar refractivity (Wildman–Crippen MR) is 160 cm³/mol. The van der Waals surface area contributed by atoms with Gasteiger partial charge in [0.25, 0.3) is 0 Å². The molecule has 0 atom stereocenters. The van der Waals surface area contributed by atoms with Crippen LogP contribution in [0.4, 0.5) is 10.5 Å². The maximum Gasteiger partial charge on any atom is 0.322 e. The number of amides is 3. The highest BCUT2D eigenvalue weighted by Gasteiger charge is 2.23. The molecule has 0 radical (unpaired) electrons. The fourth-order valence-electron chi connectivity index (χ4n) is 4.15. The van der Waals surface area contributed by atoms with Crippen LogP contribution in [0.15, 0.2) is 48.5 Å². The second-order valence-electron chi connectivity index (χ2n) is 9.21. The average molecular weight is 586 g/mol. The number of ether oxygens (including phenoxy) is 5. The van der Waals surface area contributed by atoms with Crippen molar-refractivity contribution in [1.29, 1.82) is 0 Å². The van der Waals surface area contributed by atoms with Crippen LogP contribution < -0.4 is 24.3 Å². The molecule has 0 aliphatic rings. The van der Waals surface area contributed by atoms with E-state index in [0.29, 0.717) is 48.2 Å². The van der Waals surface area contributed by atoms with E-state index in [0.717, 1.165) is 10.4 Å². The predicted octanol–water partition coefficient (Wildman–Crippen LogP) is 4.84. The molecule has 222 valence electrons. The molecule has 0 unspecified atom stereocenters. The lowest BCUT2D eigenvalue weighted by Gasteiger charge is -2.28. The Bertz CT molecular complexity index is 1270. The third kappa shape index (κ3) is 9.29. The number of nitrogens with one attached hydrogen (secondary N) is 1. The number of rotatable bonds is 15. The molecular formula is C30H39N3O7S. The van der Waals surface area contributed by atoms with Crippen LogP contribution in [0.2, 0.25) is 0 Å². The monoisotopic (exact) mass is 585 g/mol. The zero-order valence-corrected chi connectivity index (χ0v) is 25.3. The molecule has 2 aromatic carbocycles. The van der Waals surface area contributed by atoms with Crippen LogP contribution in [0.5, 0.6) is 23.0 Å². The summed E-state index contributed by atoms with van der Waals surface area (Å²) in [7, 11) is 7.82. The number of benzene rings is 2. The van der Waals surface area contributed by atoms with Crippen molar-refractivity contribution in [2.24, 2.45) is 0 Å².